The molecule has 1 aliphatic rings. The first kappa shape index (κ1) is 12.6. The molecular formula is C21H20. The van der Waals surface area contributed by atoms with Crippen molar-refractivity contribution in [2.45, 2.75) is 33.1 Å². The van der Waals surface area contributed by atoms with Crippen molar-refractivity contribution in [1.29, 1.82) is 0 Å². The minimum atomic E-state index is 0.188. The molecule has 0 N–H and O–H groups in total. The van der Waals surface area contributed by atoms with Gasteiger partial charge < -0.3 is 0 Å². The van der Waals surface area contributed by atoms with Gasteiger partial charge in [0.1, 0.15) is 0 Å². The normalized spacial score (nSPS) is 12.8. The molecule has 104 valence electrons. The highest BCUT2D eigenvalue weighted by molar-refractivity contribution is 6.16. The van der Waals surface area contributed by atoms with Gasteiger partial charge in [-0.3, -0.25) is 0 Å². The molecule has 3 aromatic carbocycles. The summed E-state index contributed by atoms with van der Waals surface area (Å²) in [6.45, 7) is 9.04. The summed E-state index contributed by atoms with van der Waals surface area (Å²) < 4.78 is 0. The van der Waals surface area contributed by atoms with Gasteiger partial charge in [0.05, 0.1) is 0 Å². The smallest absolute Gasteiger partial charge is 0.00237 e. The Bertz CT molecular complexity index is 876. The van der Waals surface area contributed by atoms with Gasteiger partial charge in [0.25, 0.3) is 0 Å². The van der Waals surface area contributed by atoms with Crippen LogP contribution in [-0.2, 0) is 5.41 Å². The van der Waals surface area contributed by atoms with Crippen LogP contribution in [0.5, 0.6) is 0 Å². The van der Waals surface area contributed by atoms with Gasteiger partial charge in [-0.1, -0.05) is 63.2 Å². The van der Waals surface area contributed by atoms with Gasteiger partial charge in [-0.15, -0.1) is 0 Å². The van der Waals surface area contributed by atoms with Gasteiger partial charge in [0.2, 0.25) is 0 Å². The lowest BCUT2D eigenvalue weighted by Gasteiger charge is -2.20. The number of benzene rings is 3. The predicted molar refractivity (Wildman–Crippen MR) is 91.8 cm³/mol. The summed E-state index contributed by atoms with van der Waals surface area (Å²) in [5, 5.41) is 2.82. The Labute approximate surface area is 126 Å². The fourth-order valence-corrected chi connectivity index (χ4v) is 3.47. The van der Waals surface area contributed by atoms with Crippen LogP contribution in [0.25, 0.3) is 33.0 Å². The Hall–Kier alpha value is -2.08. The summed E-state index contributed by atoms with van der Waals surface area (Å²) in [5.41, 5.74) is 8.52. The van der Waals surface area contributed by atoms with Gasteiger partial charge in [0.15, 0.2) is 0 Å². The highest BCUT2D eigenvalue weighted by Gasteiger charge is 2.24. The lowest BCUT2D eigenvalue weighted by atomic mass is 9.85. The number of fused-ring (bicyclic) bond motifs is 3. The van der Waals surface area contributed by atoms with Crippen LogP contribution in [0.1, 0.15) is 31.9 Å². The molecular weight excluding hydrogens is 252 g/mol. The second kappa shape index (κ2) is 3.98. The molecule has 0 radical (unpaired) electrons. The highest BCUT2D eigenvalue weighted by atomic mass is 14.3. The Morgan fingerprint density at radius 3 is 2.19 bits per heavy atom. The Kier molecular flexibility index (Phi) is 2.39. The average Bonchev–Trinajstić information content (AvgIpc) is 2.77. The van der Waals surface area contributed by atoms with E-state index in [1.54, 1.807) is 0 Å². The van der Waals surface area contributed by atoms with Crippen molar-refractivity contribution >= 4 is 10.8 Å². The molecule has 0 saturated carbocycles. The molecule has 0 unspecified atom stereocenters. The maximum absolute atomic E-state index is 2.39. The second-order valence-corrected chi connectivity index (χ2v) is 7.17. The van der Waals surface area contributed by atoms with Crippen molar-refractivity contribution < 1.29 is 0 Å². The lowest BCUT2D eigenvalue weighted by molar-refractivity contribution is 0.590. The fraction of sp³-hybridized carbons (Fsp3) is 0.238. The quantitative estimate of drug-likeness (QED) is 0.363. The van der Waals surface area contributed by atoms with E-state index in [0.29, 0.717) is 0 Å². The third-order valence-electron chi connectivity index (χ3n) is 4.72. The minimum Gasteiger partial charge on any atom is -0.0610 e. The third-order valence-corrected chi connectivity index (χ3v) is 4.72. The van der Waals surface area contributed by atoms with Gasteiger partial charge in [-0.25, -0.2) is 0 Å². The van der Waals surface area contributed by atoms with Crippen LogP contribution in [0.3, 0.4) is 0 Å². The molecule has 0 fully saturated rings. The van der Waals surface area contributed by atoms with Crippen LogP contribution in [0.4, 0.5) is 0 Å². The summed E-state index contributed by atoms with van der Waals surface area (Å²) in [6, 6.07) is 18.2. The predicted octanol–water partition coefficient (Wildman–Crippen LogP) is 6.09. The Morgan fingerprint density at radius 2 is 1.43 bits per heavy atom. The molecule has 0 nitrogen and oxygen atoms in total. The lowest BCUT2D eigenvalue weighted by Crippen LogP contribution is -2.10. The Balaban J connectivity index is 2.10. The zero-order valence-corrected chi connectivity index (χ0v) is 13.1. The van der Waals surface area contributed by atoms with E-state index < -0.39 is 0 Å². The maximum Gasteiger partial charge on any atom is -0.00237 e. The van der Waals surface area contributed by atoms with E-state index >= 15 is 0 Å². The zero-order valence-electron chi connectivity index (χ0n) is 13.1. The first-order valence-electron chi connectivity index (χ1n) is 7.64. The molecule has 0 heterocycles. The summed E-state index contributed by atoms with van der Waals surface area (Å²) in [4.78, 5) is 0. The second-order valence-electron chi connectivity index (χ2n) is 7.17. The largest absolute Gasteiger partial charge is 0.0610 e. The van der Waals surface area contributed by atoms with E-state index in [2.05, 4.69) is 76.2 Å². The number of hydrogen-bond donors (Lipinski definition) is 0. The van der Waals surface area contributed by atoms with Crippen molar-refractivity contribution in [2.75, 3.05) is 0 Å². The van der Waals surface area contributed by atoms with Gasteiger partial charge >= 0.3 is 0 Å². The van der Waals surface area contributed by atoms with Crippen LogP contribution in [-0.4, -0.2) is 0 Å². The van der Waals surface area contributed by atoms with Crippen LogP contribution in [0.15, 0.2) is 48.5 Å². The molecule has 3 aromatic rings. The number of rotatable bonds is 0. The third kappa shape index (κ3) is 1.68. The summed E-state index contributed by atoms with van der Waals surface area (Å²) in [5.74, 6) is 0. The van der Waals surface area contributed by atoms with E-state index in [9.17, 15) is 0 Å². The van der Waals surface area contributed by atoms with E-state index in [0.717, 1.165) is 0 Å². The van der Waals surface area contributed by atoms with Crippen LogP contribution in [0, 0.1) is 6.92 Å². The molecule has 0 spiro atoms. The minimum absolute atomic E-state index is 0.188. The van der Waals surface area contributed by atoms with Crippen molar-refractivity contribution in [1.82, 2.24) is 0 Å². The van der Waals surface area contributed by atoms with Crippen molar-refractivity contribution in [3.8, 4) is 22.3 Å². The van der Waals surface area contributed by atoms with Crippen molar-refractivity contribution in [2.24, 2.45) is 0 Å². The van der Waals surface area contributed by atoms with E-state index in [1.807, 2.05) is 0 Å². The molecule has 0 amide bonds. The van der Waals surface area contributed by atoms with E-state index in [-0.39, 0.29) is 5.41 Å². The van der Waals surface area contributed by atoms with E-state index in [1.165, 1.54) is 44.2 Å². The van der Waals surface area contributed by atoms with Crippen molar-refractivity contribution in [3.05, 3.63) is 59.7 Å². The maximum atomic E-state index is 2.39. The molecule has 0 saturated heterocycles. The summed E-state index contributed by atoms with van der Waals surface area (Å²) >= 11 is 0. The number of aryl methyl sites for hydroxylation is 1. The highest BCUT2D eigenvalue weighted by Crippen LogP contribution is 2.48. The van der Waals surface area contributed by atoms with Crippen LogP contribution >= 0.6 is 0 Å². The standard InChI is InChI=1S/C21H20/c1-13-8-10-18-16-11-9-14(21(2,3)4)12-19(16)17-7-5-6-15(13)20(17)18/h5-12H,1-4H3. The van der Waals surface area contributed by atoms with Gasteiger partial charge in [-0.2, -0.15) is 0 Å². The molecule has 0 atom stereocenters. The summed E-state index contributed by atoms with van der Waals surface area (Å²) in [7, 11) is 0. The topological polar surface area (TPSA) is 0 Å². The molecule has 4 rings (SSSR count). The molecule has 1 aliphatic carbocycles. The number of hydrogen-bond acceptors (Lipinski definition) is 0. The first-order chi connectivity index (χ1) is 9.97. The first-order valence-corrected chi connectivity index (χ1v) is 7.64. The van der Waals surface area contributed by atoms with Gasteiger partial charge in [0, 0.05) is 0 Å². The molecule has 0 aliphatic heterocycles. The molecule has 0 bridgehead atoms. The monoisotopic (exact) mass is 272 g/mol. The Morgan fingerprint density at radius 1 is 0.714 bits per heavy atom. The molecule has 0 heteroatoms. The summed E-state index contributed by atoms with van der Waals surface area (Å²) in [6.07, 6.45) is 0. The molecule has 21 heavy (non-hydrogen) atoms. The average molecular weight is 272 g/mol. The van der Waals surface area contributed by atoms with Gasteiger partial charge in [-0.05, 0) is 62.6 Å². The zero-order chi connectivity index (χ0) is 14.8. The van der Waals surface area contributed by atoms with Crippen LogP contribution < -0.4 is 0 Å². The fourth-order valence-electron chi connectivity index (χ4n) is 3.47. The van der Waals surface area contributed by atoms with Crippen LogP contribution in [0.2, 0.25) is 0 Å². The molecule has 0 aromatic heterocycles. The van der Waals surface area contributed by atoms with E-state index in [4.69, 9.17) is 0 Å². The SMILES string of the molecule is Cc1ccc2c3c(cccc13)-c1cc(C(C)(C)C)ccc1-2. The van der Waals surface area contributed by atoms with Crippen molar-refractivity contribution in [3.63, 3.8) is 0 Å².